The second-order valence-electron chi connectivity index (χ2n) is 4.22. The van der Waals surface area contributed by atoms with Crippen LogP contribution in [0.2, 0.25) is 0 Å². The number of nitrogens with zero attached hydrogens (tertiary/aromatic N) is 3. The number of hydrogen-bond acceptors (Lipinski definition) is 2. The van der Waals surface area contributed by atoms with Crippen LogP contribution in [0.5, 0.6) is 0 Å². The quantitative estimate of drug-likeness (QED) is 0.800. The highest BCUT2D eigenvalue weighted by atomic mass is 19.4. The zero-order valence-corrected chi connectivity index (χ0v) is 9.17. The SMILES string of the molecule is N#CC(Cn1cnc2c1CCCC2)C(F)(F)F. The van der Waals surface area contributed by atoms with E-state index in [0.717, 1.165) is 37.1 Å². The van der Waals surface area contributed by atoms with Gasteiger partial charge in [0.1, 0.15) is 0 Å². The van der Waals surface area contributed by atoms with Crippen LogP contribution in [0.4, 0.5) is 13.2 Å². The molecule has 0 spiro atoms. The predicted octanol–water partition coefficient (Wildman–Crippen LogP) is 2.46. The third-order valence-electron chi connectivity index (χ3n) is 3.04. The van der Waals surface area contributed by atoms with Crippen molar-refractivity contribution in [3.8, 4) is 6.07 Å². The molecule has 0 aromatic carbocycles. The van der Waals surface area contributed by atoms with Crippen molar-refractivity contribution in [3.05, 3.63) is 17.7 Å². The summed E-state index contributed by atoms with van der Waals surface area (Å²) in [6, 6.07) is 1.31. The molecule has 1 unspecified atom stereocenters. The van der Waals surface area contributed by atoms with Crippen LogP contribution in [0.15, 0.2) is 6.33 Å². The molecule has 1 aromatic rings. The van der Waals surface area contributed by atoms with Gasteiger partial charge in [-0.25, -0.2) is 4.98 Å². The summed E-state index contributed by atoms with van der Waals surface area (Å²) in [6.07, 6.45) is 0.538. The molecular formula is C11H12F3N3. The molecule has 0 N–H and O–H groups in total. The van der Waals surface area contributed by atoms with E-state index in [1.807, 2.05) is 0 Å². The average Bonchev–Trinajstić information content (AvgIpc) is 2.67. The largest absolute Gasteiger partial charge is 0.406 e. The minimum Gasteiger partial charge on any atom is -0.333 e. The Bertz CT molecular complexity index is 442. The first-order valence-electron chi connectivity index (χ1n) is 5.51. The lowest BCUT2D eigenvalue weighted by Gasteiger charge is -2.17. The highest BCUT2D eigenvalue weighted by Crippen LogP contribution is 2.28. The Balaban J connectivity index is 2.19. The maximum Gasteiger partial charge on any atom is 0.406 e. The fourth-order valence-electron chi connectivity index (χ4n) is 2.10. The highest BCUT2D eigenvalue weighted by molar-refractivity contribution is 5.16. The van der Waals surface area contributed by atoms with E-state index in [9.17, 15) is 13.2 Å². The van der Waals surface area contributed by atoms with Crippen LogP contribution in [-0.4, -0.2) is 15.7 Å². The first-order chi connectivity index (χ1) is 8.02. The molecule has 0 fully saturated rings. The monoisotopic (exact) mass is 243 g/mol. The van der Waals surface area contributed by atoms with E-state index in [4.69, 9.17) is 5.26 Å². The summed E-state index contributed by atoms with van der Waals surface area (Å²) in [7, 11) is 0. The second-order valence-corrected chi connectivity index (χ2v) is 4.22. The number of nitriles is 1. The van der Waals surface area contributed by atoms with Gasteiger partial charge in [-0.3, -0.25) is 0 Å². The van der Waals surface area contributed by atoms with Crippen LogP contribution in [0.3, 0.4) is 0 Å². The molecule has 0 bridgehead atoms. The van der Waals surface area contributed by atoms with Gasteiger partial charge in [0.05, 0.1) is 18.1 Å². The molecule has 0 amide bonds. The van der Waals surface area contributed by atoms with Crippen molar-refractivity contribution in [1.29, 1.82) is 5.26 Å². The fourth-order valence-corrected chi connectivity index (χ4v) is 2.10. The van der Waals surface area contributed by atoms with Gasteiger partial charge in [0, 0.05) is 12.2 Å². The van der Waals surface area contributed by atoms with Gasteiger partial charge in [-0.05, 0) is 25.7 Å². The second kappa shape index (κ2) is 4.40. The van der Waals surface area contributed by atoms with Crippen LogP contribution < -0.4 is 0 Å². The molecule has 0 radical (unpaired) electrons. The molecule has 0 saturated heterocycles. The van der Waals surface area contributed by atoms with Crippen molar-refractivity contribution in [3.63, 3.8) is 0 Å². The van der Waals surface area contributed by atoms with E-state index < -0.39 is 12.1 Å². The highest BCUT2D eigenvalue weighted by Gasteiger charge is 2.40. The molecule has 0 aliphatic heterocycles. The number of rotatable bonds is 2. The van der Waals surface area contributed by atoms with Crippen molar-refractivity contribution in [1.82, 2.24) is 9.55 Å². The molecular weight excluding hydrogens is 231 g/mol. The topological polar surface area (TPSA) is 41.6 Å². The lowest BCUT2D eigenvalue weighted by Crippen LogP contribution is -2.26. The number of alkyl halides is 3. The van der Waals surface area contributed by atoms with E-state index >= 15 is 0 Å². The lowest BCUT2D eigenvalue weighted by molar-refractivity contribution is -0.162. The zero-order chi connectivity index (χ0) is 12.5. The molecule has 1 atom stereocenters. The van der Waals surface area contributed by atoms with E-state index in [1.54, 1.807) is 0 Å². The molecule has 1 heterocycles. The summed E-state index contributed by atoms with van der Waals surface area (Å²) in [5, 5.41) is 8.56. The Hall–Kier alpha value is -1.51. The third kappa shape index (κ3) is 2.43. The Morgan fingerprint density at radius 1 is 1.41 bits per heavy atom. The van der Waals surface area contributed by atoms with Crippen molar-refractivity contribution < 1.29 is 13.2 Å². The molecule has 1 aliphatic rings. The number of halogens is 3. The molecule has 1 aliphatic carbocycles. The molecule has 1 aromatic heterocycles. The molecule has 3 nitrogen and oxygen atoms in total. The van der Waals surface area contributed by atoms with Gasteiger partial charge in [0.2, 0.25) is 0 Å². The van der Waals surface area contributed by atoms with E-state index in [1.165, 1.54) is 17.0 Å². The minimum atomic E-state index is -4.47. The molecule has 17 heavy (non-hydrogen) atoms. The lowest BCUT2D eigenvalue weighted by atomic mass is 10.0. The van der Waals surface area contributed by atoms with Gasteiger partial charge >= 0.3 is 6.18 Å². The maximum atomic E-state index is 12.5. The van der Waals surface area contributed by atoms with Gasteiger partial charge in [-0.15, -0.1) is 0 Å². The Morgan fingerprint density at radius 2 is 2.12 bits per heavy atom. The zero-order valence-electron chi connectivity index (χ0n) is 9.17. The number of fused-ring (bicyclic) bond motifs is 1. The van der Waals surface area contributed by atoms with Gasteiger partial charge in [0.15, 0.2) is 5.92 Å². The summed E-state index contributed by atoms with van der Waals surface area (Å²) in [4.78, 5) is 4.11. The van der Waals surface area contributed by atoms with Crippen LogP contribution in [0.1, 0.15) is 24.2 Å². The Kier molecular flexibility index (Phi) is 3.09. The van der Waals surface area contributed by atoms with Gasteiger partial charge in [-0.1, -0.05) is 0 Å². The number of hydrogen-bond donors (Lipinski definition) is 0. The Morgan fingerprint density at radius 3 is 2.76 bits per heavy atom. The number of aryl methyl sites for hydroxylation is 1. The summed E-state index contributed by atoms with van der Waals surface area (Å²) in [6.45, 7) is -0.345. The average molecular weight is 243 g/mol. The molecule has 2 rings (SSSR count). The van der Waals surface area contributed by atoms with Crippen molar-refractivity contribution in [2.24, 2.45) is 5.92 Å². The number of aromatic nitrogens is 2. The predicted molar refractivity (Wildman–Crippen MR) is 54.0 cm³/mol. The van der Waals surface area contributed by atoms with E-state index in [0.29, 0.717) is 0 Å². The van der Waals surface area contributed by atoms with Crippen molar-refractivity contribution in [2.45, 2.75) is 38.4 Å². The molecule has 6 heteroatoms. The van der Waals surface area contributed by atoms with Crippen molar-refractivity contribution in [2.75, 3.05) is 0 Å². The van der Waals surface area contributed by atoms with Gasteiger partial charge in [-0.2, -0.15) is 18.4 Å². The molecule has 92 valence electrons. The maximum absolute atomic E-state index is 12.5. The summed E-state index contributed by atoms with van der Waals surface area (Å²) < 4.78 is 38.9. The van der Waals surface area contributed by atoms with E-state index in [-0.39, 0.29) is 6.54 Å². The first-order valence-corrected chi connectivity index (χ1v) is 5.51. The van der Waals surface area contributed by atoms with Crippen molar-refractivity contribution >= 4 is 0 Å². The van der Waals surface area contributed by atoms with Crippen LogP contribution in [-0.2, 0) is 19.4 Å². The summed E-state index contributed by atoms with van der Waals surface area (Å²) in [5.74, 6) is -1.96. The van der Waals surface area contributed by atoms with Crippen LogP contribution >= 0.6 is 0 Å². The summed E-state index contributed by atoms with van der Waals surface area (Å²) >= 11 is 0. The van der Waals surface area contributed by atoms with Crippen LogP contribution in [0, 0.1) is 17.2 Å². The Labute approximate surface area is 96.9 Å². The molecule has 0 saturated carbocycles. The standard InChI is InChI=1S/C11H12F3N3/c12-11(13,14)8(5-15)6-17-7-16-9-3-1-2-4-10(9)17/h7-8H,1-4,6H2. The summed E-state index contributed by atoms with van der Waals surface area (Å²) in [5.41, 5.74) is 1.75. The van der Waals surface area contributed by atoms with Gasteiger partial charge in [0.25, 0.3) is 0 Å². The number of imidazole rings is 1. The van der Waals surface area contributed by atoms with E-state index in [2.05, 4.69) is 4.98 Å². The van der Waals surface area contributed by atoms with Crippen LogP contribution in [0.25, 0.3) is 0 Å². The smallest absolute Gasteiger partial charge is 0.333 e. The van der Waals surface area contributed by atoms with Gasteiger partial charge < -0.3 is 4.57 Å². The first kappa shape index (κ1) is 12.0. The minimum absolute atomic E-state index is 0.345. The third-order valence-corrected chi connectivity index (χ3v) is 3.04. The fraction of sp³-hybridized carbons (Fsp3) is 0.636. The normalized spacial score (nSPS) is 17.3.